The Kier molecular flexibility index (Phi) is 103. The van der Waals surface area contributed by atoms with Crippen LogP contribution in [0.15, 0.2) is 0 Å². The lowest BCUT2D eigenvalue weighted by Crippen LogP contribution is -1.69. The summed E-state index contributed by atoms with van der Waals surface area (Å²) in [5, 5.41) is 6.50. The molecule has 0 aliphatic rings. The summed E-state index contributed by atoms with van der Waals surface area (Å²) in [6.07, 6.45) is 0. The summed E-state index contributed by atoms with van der Waals surface area (Å²) < 4.78 is 0. The summed E-state index contributed by atoms with van der Waals surface area (Å²) in [6.45, 7) is 10.4. The first-order valence-corrected chi connectivity index (χ1v) is 4.07. The van der Waals surface area contributed by atoms with E-state index in [1.807, 2.05) is 13.8 Å². The SMILES string of the molecule is C.C.C.C.CC(C)=N.CC(C)=O.CC(C)=S. The van der Waals surface area contributed by atoms with Crippen LogP contribution >= 0.6 is 12.2 Å². The van der Waals surface area contributed by atoms with E-state index in [2.05, 4.69) is 12.2 Å². The molecule has 0 heterocycles. The van der Waals surface area contributed by atoms with Crippen LogP contribution in [0.4, 0.5) is 0 Å². The van der Waals surface area contributed by atoms with Crippen molar-refractivity contribution in [1.82, 2.24) is 0 Å². The van der Waals surface area contributed by atoms with Crippen LogP contribution in [0.25, 0.3) is 0 Å². The molecule has 3 heteroatoms. The average molecular weight is 253 g/mol. The highest BCUT2D eigenvalue weighted by Gasteiger charge is 1.62. The number of rotatable bonds is 0. The molecule has 0 rings (SSSR count). The molecule has 0 unspecified atom stereocenters. The number of carbonyl (C=O) groups excluding carboxylic acids is 1. The molecular formula is C13H35NOS. The van der Waals surface area contributed by atoms with Gasteiger partial charge in [-0.15, -0.1) is 0 Å². The fourth-order valence-corrected chi connectivity index (χ4v) is 0. The Morgan fingerprint density at radius 1 is 0.812 bits per heavy atom. The number of hydrogen-bond donors (Lipinski definition) is 1. The minimum Gasteiger partial charge on any atom is -0.310 e. The first-order chi connectivity index (χ1) is 5.20. The standard InChI is InChI=1S/C3H7N.C3H6O.C3H6S.4CH4/c3*1-3(2)4;;;;/h4H,1-2H3;2*1-2H3;4*1H4. The number of hydrogen-bond acceptors (Lipinski definition) is 3. The van der Waals surface area contributed by atoms with Crippen molar-refractivity contribution < 1.29 is 4.79 Å². The second-order valence-electron chi connectivity index (χ2n) is 2.82. The molecule has 0 radical (unpaired) electrons. The molecule has 0 saturated carbocycles. The van der Waals surface area contributed by atoms with E-state index in [0.717, 1.165) is 4.86 Å². The molecule has 16 heavy (non-hydrogen) atoms. The second-order valence-corrected chi connectivity index (χ2v) is 3.63. The van der Waals surface area contributed by atoms with Crippen LogP contribution in [-0.4, -0.2) is 16.4 Å². The van der Waals surface area contributed by atoms with E-state index in [0.29, 0.717) is 5.71 Å². The molecule has 2 nitrogen and oxygen atoms in total. The van der Waals surface area contributed by atoms with Gasteiger partial charge in [0, 0.05) is 5.71 Å². The van der Waals surface area contributed by atoms with Gasteiger partial charge in [-0.25, -0.2) is 0 Å². The van der Waals surface area contributed by atoms with Gasteiger partial charge in [-0.3, -0.25) is 0 Å². The third-order valence-corrected chi connectivity index (χ3v) is 0. The maximum Gasteiger partial charge on any atom is 0.126 e. The first kappa shape index (κ1) is 45.2. The quantitative estimate of drug-likeness (QED) is 0.452. The monoisotopic (exact) mass is 253 g/mol. The lowest BCUT2D eigenvalue weighted by Gasteiger charge is -1.63. The van der Waals surface area contributed by atoms with Crippen LogP contribution in [0.1, 0.15) is 71.2 Å². The van der Waals surface area contributed by atoms with Gasteiger partial charge in [-0.1, -0.05) is 41.9 Å². The van der Waals surface area contributed by atoms with Gasteiger partial charge in [0.05, 0.1) is 0 Å². The molecule has 0 aromatic carbocycles. The summed E-state index contributed by atoms with van der Waals surface area (Å²) in [4.78, 5) is 10.4. The zero-order valence-corrected chi connectivity index (χ0v) is 9.63. The Morgan fingerprint density at radius 2 is 0.812 bits per heavy atom. The molecule has 0 aromatic heterocycles. The molecule has 1 N–H and O–H groups in total. The van der Waals surface area contributed by atoms with Crippen molar-refractivity contribution in [3.05, 3.63) is 0 Å². The van der Waals surface area contributed by atoms with Crippen molar-refractivity contribution in [1.29, 1.82) is 5.41 Å². The van der Waals surface area contributed by atoms with E-state index in [9.17, 15) is 4.79 Å². The molecule has 104 valence electrons. The van der Waals surface area contributed by atoms with Gasteiger partial charge in [0.2, 0.25) is 0 Å². The van der Waals surface area contributed by atoms with Crippen molar-refractivity contribution in [2.45, 2.75) is 71.2 Å². The topological polar surface area (TPSA) is 40.9 Å². The molecule has 0 fully saturated rings. The summed E-state index contributed by atoms with van der Waals surface area (Å²) in [5.41, 5.74) is 0.667. The van der Waals surface area contributed by atoms with Crippen LogP contribution in [0.3, 0.4) is 0 Å². The van der Waals surface area contributed by atoms with Crippen LogP contribution in [0.2, 0.25) is 0 Å². The van der Waals surface area contributed by atoms with Crippen molar-refractivity contribution >= 4 is 28.6 Å². The lowest BCUT2D eigenvalue weighted by molar-refractivity contribution is -0.114. The molecule has 0 spiro atoms. The highest BCUT2D eigenvalue weighted by Crippen LogP contribution is 1.61. The fourth-order valence-electron chi connectivity index (χ4n) is 0. The van der Waals surface area contributed by atoms with Gasteiger partial charge >= 0.3 is 0 Å². The summed E-state index contributed by atoms with van der Waals surface area (Å²) in [7, 11) is 0. The summed E-state index contributed by atoms with van der Waals surface area (Å²) in [5.74, 6) is 0.167. The Balaban J connectivity index is -0.0000000135. The van der Waals surface area contributed by atoms with Crippen molar-refractivity contribution in [3.8, 4) is 0 Å². The maximum absolute atomic E-state index is 9.44. The predicted molar refractivity (Wildman–Crippen MR) is 86.3 cm³/mol. The number of ketones is 1. The lowest BCUT2D eigenvalue weighted by atomic mass is 10.5. The van der Waals surface area contributed by atoms with E-state index in [1.165, 1.54) is 13.8 Å². The normalized spacial score (nSPS) is 4.88. The van der Waals surface area contributed by atoms with Gasteiger partial charge in [-0.05, 0) is 46.4 Å². The molecule has 0 aliphatic heterocycles. The molecular weight excluding hydrogens is 218 g/mol. The van der Waals surface area contributed by atoms with E-state index in [4.69, 9.17) is 5.41 Å². The number of nitrogens with one attached hydrogen (secondary N) is 1. The Bertz CT molecular complexity index is 113. The number of carbonyl (C=O) groups is 1. The fraction of sp³-hybridized carbons (Fsp3) is 0.769. The smallest absolute Gasteiger partial charge is 0.126 e. The number of thiocarbonyl (C=S) groups is 1. The third-order valence-electron chi connectivity index (χ3n) is 0. The third kappa shape index (κ3) is 6390. The molecule has 0 atom stereocenters. The van der Waals surface area contributed by atoms with E-state index in [1.54, 1.807) is 13.8 Å². The predicted octanol–water partition coefficient (Wildman–Crippen LogP) is 5.58. The Morgan fingerprint density at radius 3 is 0.812 bits per heavy atom. The molecule has 0 aliphatic carbocycles. The summed E-state index contributed by atoms with van der Waals surface area (Å²) in [6, 6.07) is 0. The van der Waals surface area contributed by atoms with Gasteiger partial charge in [0.15, 0.2) is 0 Å². The maximum atomic E-state index is 9.44. The average Bonchev–Trinajstić information content (AvgIpc) is 1.54. The van der Waals surface area contributed by atoms with Gasteiger partial charge in [-0.2, -0.15) is 0 Å². The molecule has 0 aromatic rings. The van der Waals surface area contributed by atoms with E-state index in [-0.39, 0.29) is 35.5 Å². The van der Waals surface area contributed by atoms with Crippen LogP contribution < -0.4 is 0 Å². The van der Waals surface area contributed by atoms with Crippen molar-refractivity contribution in [2.75, 3.05) is 0 Å². The van der Waals surface area contributed by atoms with Gasteiger partial charge < -0.3 is 10.2 Å². The van der Waals surface area contributed by atoms with Crippen molar-refractivity contribution in [2.24, 2.45) is 0 Å². The minimum atomic E-state index is 0. The van der Waals surface area contributed by atoms with Crippen LogP contribution in [-0.2, 0) is 4.79 Å². The van der Waals surface area contributed by atoms with E-state index >= 15 is 0 Å². The largest absolute Gasteiger partial charge is 0.310 e. The Labute approximate surface area is 110 Å². The van der Waals surface area contributed by atoms with Crippen LogP contribution in [0.5, 0.6) is 0 Å². The molecule has 0 amide bonds. The van der Waals surface area contributed by atoms with Crippen LogP contribution in [0, 0.1) is 5.41 Å². The zero-order chi connectivity index (χ0) is 10.7. The highest BCUT2D eigenvalue weighted by molar-refractivity contribution is 7.80. The first-order valence-electron chi connectivity index (χ1n) is 3.66. The van der Waals surface area contributed by atoms with Gasteiger partial charge in [0.25, 0.3) is 0 Å². The minimum absolute atomic E-state index is 0. The zero-order valence-electron chi connectivity index (χ0n) is 8.82. The second kappa shape index (κ2) is 36.6. The molecule has 0 bridgehead atoms. The Hall–Kier alpha value is -0.570. The van der Waals surface area contributed by atoms with E-state index < -0.39 is 0 Å². The summed E-state index contributed by atoms with van der Waals surface area (Å²) >= 11 is 4.54. The molecule has 0 saturated heterocycles. The van der Waals surface area contributed by atoms with Gasteiger partial charge in [0.1, 0.15) is 5.78 Å². The van der Waals surface area contributed by atoms with Crippen molar-refractivity contribution in [3.63, 3.8) is 0 Å². The number of Topliss-reactive ketones (excluding diaryl/α,β-unsaturated/α-hetero) is 1. The highest BCUT2D eigenvalue weighted by atomic mass is 32.1.